The first kappa shape index (κ1) is 24.0. The van der Waals surface area contributed by atoms with Gasteiger partial charge in [-0.15, -0.1) is 0 Å². The molecule has 0 radical (unpaired) electrons. The SMILES string of the molecule is CCOc1ccc(N2C(=O)[C@@H]3[C@@H](C2=O)C2c4ccccc4C3(C=Nc3cccc(Br)c3)c3ccccc32)cc1. The first-order valence-electron chi connectivity index (χ1n) is 13.1. The lowest BCUT2D eigenvalue weighted by Gasteiger charge is -2.52. The third-order valence-electron chi connectivity index (χ3n) is 8.32. The third-order valence-corrected chi connectivity index (χ3v) is 8.81. The van der Waals surface area contributed by atoms with E-state index in [1.807, 2.05) is 73.8 Å². The maximum atomic E-state index is 14.4. The van der Waals surface area contributed by atoms with Gasteiger partial charge in [-0.1, -0.05) is 70.5 Å². The van der Waals surface area contributed by atoms with Crippen LogP contribution in [0.1, 0.15) is 35.1 Å². The van der Waals surface area contributed by atoms with E-state index in [0.29, 0.717) is 18.0 Å². The van der Waals surface area contributed by atoms with Crippen LogP contribution < -0.4 is 9.64 Å². The van der Waals surface area contributed by atoms with Crippen LogP contribution in [0.25, 0.3) is 0 Å². The second-order valence-corrected chi connectivity index (χ2v) is 11.1. The Hall–Kier alpha value is -4.03. The van der Waals surface area contributed by atoms with Crippen LogP contribution in [0.5, 0.6) is 5.75 Å². The van der Waals surface area contributed by atoms with Crippen LogP contribution in [0.2, 0.25) is 0 Å². The highest BCUT2D eigenvalue weighted by Crippen LogP contribution is 2.63. The highest BCUT2D eigenvalue weighted by Gasteiger charge is 2.67. The third kappa shape index (κ3) is 3.41. The molecule has 5 nitrogen and oxygen atoms in total. The summed E-state index contributed by atoms with van der Waals surface area (Å²) in [6.45, 7) is 2.47. The normalized spacial score (nSPS) is 24.6. The number of hydrogen-bond donors (Lipinski definition) is 0. The number of carbonyl (C=O) groups is 2. The van der Waals surface area contributed by atoms with Crippen molar-refractivity contribution in [3.05, 3.63) is 124 Å². The molecule has 8 rings (SSSR count). The van der Waals surface area contributed by atoms with E-state index in [4.69, 9.17) is 9.73 Å². The van der Waals surface area contributed by atoms with Crippen LogP contribution in [0.3, 0.4) is 0 Å². The standard InChI is InChI=1S/C33H25BrN2O3/c1-2-39-23-16-14-22(15-17-23)36-31(37)29-28-24-10-3-5-12-26(24)33(30(29)32(36)38,27-13-6-4-11-25(27)28)19-35-21-9-7-8-20(34)18-21/h3-19,28-30H,2H2,1H3/t28?,29-,30-,33?/m0/s1. The van der Waals surface area contributed by atoms with E-state index in [-0.39, 0.29) is 17.7 Å². The molecule has 4 aromatic rings. The molecule has 1 heterocycles. The van der Waals surface area contributed by atoms with E-state index < -0.39 is 17.3 Å². The molecule has 0 saturated carbocycles. The topological polar surface area (TPSA) is 59.0 Å². The molecule has 2 amide bonds. The Morgan fingerprint density at radius 2 is 1.54 bits per heavy atom. The highest BCUT2D eigenvalue weighted by atomic mass is 79.9. The minimum absolute atomic E-state index is 0.164. The number of rotatable bonds is 5. The van der Waals surface area contributed by atoms with Gasteiger partial charge in [-0.25, -0.2) is 4.90 Å². The van der Waals surface area contributed by atoms with Crippen molar-refractivity contribution in [1.82, 2.24) is 0 Å². The van der Waals surface area contributed by atoms with E-state index in [2.05, 4.69) is 40.2 Å². The maximum absolute atomic E-state index is 14.4. The van der Waals surface area contributed by atoms with Gasteiger partial charge >= 0.3 is 0 Å². The number of ether oxygens (including phenoxy) is 1. The number of aliphatic imine (C=N–C) groups is 1. The van der Waals surface area contributed by atoms with Gasteiger partial charge in [0.05, 0.1) is 35.2 Å². The molecule has 1 saturated heterocycles. The summed E-state index contributed by atoms with van der Waals surface area (Å²) in [7, 11) is 0. The zero-order chi connectivity index (χ0) is 26.7. The van der Waals surface area contributed by atoms with E-state index >= 15 is 0 Å². The molecule has 0 aromatic heterocycles. The monoisotopic (exact) mass is 576 g/mol. The van der Waals surface area contributed by atoms with Gasteiger partial charge in [-0.3, -0.25) is 14.6 Å². The van der Waals surface area contributed by atoms with Gasteiger partial charge in [0.25, 0.3) is 0 Å². The van der Waals surface area contributed by atoms with Crippen molar-refractivity contribution in [3.8, 4) is 5.75 Å². The second-order valence-electron chi connectivity index (χ2n) is 10.2. The average molecular weight is 577 g/mol. The van der Waals surface area contributed by atoms with Gasteiger partial charge in [-0.05, 0) is 71.6 Å². The Morgan fingerprint density at radius 1 is 0.872 bits per heavy atom. The fourth-order valence-corrected chi connectivity index (χ4v) is 7.28. The predicted molar refractivity (Wildman–Crippen MR) is 155 cm³/mol. The first-order valence-corrected chi connectivity index (χ1v) is 13.9. The molecule has 4 aromatic carbocycles. The fourth-order valence-electron chi connectivity index (χ4n) is 6.90. The van der Waals surface area contributed by atoms with E-state index in [1.54, 1.807) is 12.1 Å². The molecule has 0 spiro atoms. The molecule has 1 fully saturated rings. The Morgan fingerprint density at radius 3 is 2.18 bits per heavy atom. The van der Waals surface area contributed by atoms with Crippen molar-refractivity contribution < 1.29 is 14.3 Å². The van der Waals surface area contributed by atoms with Gasteiger partial charge in [-0.2, -0.15) is 0 Å². The zero-order valence-corrected chi connectivity index (χ0v) is 22.8. The summed E-state index contributed by atoms with van der Waals surface area (Å²) in [4.78, 5) is 35.0. The number of hydrogen-bond acceptors (Lipinski definition) is 4. The van der Waals surface area contributed by atoms with Crippen molar-refractivity contribution in [3.63, 3.8) is 0 Å². The van der Waals surface area contributed by atoms with Crippen molar-refractivity contribution in [1.29, 1.82) is 0 Å². The molecule has 0 unspecified atom stereocenters. The molecular weight excluding hydrogens is 552 g/mol. The van der Waals surface area contributed by atoms with Gasteiger partial charge in [0.1, 0.15) is 5.75 Å². The van der Waals surface area contributed by atoms with Crippen LogP contribution in [0.15, 0.2) is 107 Å². The lowest BCUT2D eigenvalue weighted by molar-refractivity contribution is -0.122. The van der Waals surface area contributed by atoms with Gasteiger partial charge in [0.15, 0.2) is 0 Å². The van der Waals surface area contributed by atoms with Crippen LogP contribution in [-0.2, 0) is 15.0 Å². The summed E-state index contributed by atoms with van der Waals surface area (Å²) in [5, 5.41) is 0. The summed E-state index contributed by atoms with van der Waals surface area (Å²) in [6, 6.07) is 31.4. The molecule has 3 aliphatic carbocycles. The van der Waals surface area contributed by atoms with Crippen molar-refractivity contribution in [2.75, 3.05) is 11.5 Å². The van der Waals surface area contributed by atoms with Crippen molar-refractivity contribution >= 4 is 45.3 Å². The van der Waals surface area contributed by atoms with Crippen LogP contribution in [0, 0.1) is 11.8 Å². The lowest BCUT2D eigenvalue weighted by atomic mass is 9.47. The number of carbonyl (C=O) groups excluding carboxylic acids is 2. The summed E-state index contributed by atoms with van der Waals surface area (Å²) in [5.74, 6) is -0.986. The van der Waals surface area contributed by atoms with Crippen molar-refractivity contribution in [2.24, 2.45) is 16.8 Å². The summed E-state index contributed by atoms with van der Waals surface area (Å²) < 4.78 is 6.52. The molecule has 192 valence electrons. The quantitative estimate of drug-likeness (QED) is 0.194. The van der Waals surface area contributed by atoms with E-state index in [9.17, 15) is 9.59 Å². The molecule has 39 heavy (non-hydrogen) atoms. The zero-order valence-electron chi connectivity index (χ0n) is 21.3. The number of nitrogens with zero attached hydrogens (tertiary/aromatic N) is 2. The molecule has 2 bridgehead atoms. The van der Waals surface area contributed by atoms with Crippen LogP contribution >= 0.6 is 15.9 Å². The Kier molecular flexibility index (Phi) is 5.56. The number of imide groups is 1. The molecule has 2 atom stereocenters. The number of benzene rings is 4. The Labute approximate surface area is 235 Å². The Balaban J connectivity index is 1.45. The van der Waals surface area contributed by atoms with E-state index in [1.165, 1.54) is 4.90 Å². The first-order chi connectivity index (χ1) is 19.0. The highest BCUT2D eigenvalue weighted by molar-refractivity contribution is 9.10. The maximum Gasteiger partial charge on any atom is 0.239 e. The molecule has 6 heteroatoms. The van der Waals surface area contributed by atoms with Crippen LogP contribution in [0.4, 0.5) is 11.4 Å². The average Bonchev–Trinajstić information content (AvgIpc) is 3.23. The number of anilines is 1. The Bertz CT molecular complexity index is 1610. The smallest absolute Gasteiger partial charge is 0.239 e. The fraction of sp³-hybridized carbons (Fsp3) is 0.182. The lowest BCUT2D eigenvalue weighted by Crippen LogP contribution is -2.54. The predicted octanol–water partition coefficient (Wildman–Crippen LogP) is 6.80. The molecule has 0 N–H and O–H groups in total. The summed E-state index contributed by atoms with van der Waals surface area (Å²) >= 11 is 3.54. The van der Waals surface area contributed by atoms with E-state index in [0.717, 1.165) is 32.4 Å². The second kappa shape index (κ2) is 9.02. The summed E-state index contributed by atoms with van der Waals surface area (Å²) in [6.07, 6.45) is 1.92. The van der Waals surface area contributed by atoms with Crippen LogP contribution in [-0.4, -0.2) is 24.6 Å². The molecular formula is C33H25BrN2O3. The molecule has 1 aliphatic heterocycles. The van der Waals surface area contributed by atoms with Gasteiger partial charge < -0.3 is 4.74 Å². The number of amides is 2. The molecule has 4 aliphatic rings. The summed E-state index contributed by atoms with van der Waals surface area (Å²) in [5.41, 5.74) is 4.72. The van der Waals surface area contributed by atoms with Crippen molar-refractivity contribution in [2.45, 2.75) is 18.3 Å². The largest absolute Gasteiger partial charge is 0.494 e. The van der Waals surface area contributed by atoms with Gasteiger partial charge in [0.2, 0.25) is 11.8 Å². The minimum atomic E-state index is -0.887. The number of halogens is 1. The minimum Gasteiger partial charge on any atom is -0.494 e. The van der Waals surface area contributed by atoms with Gasteiger partial charge in [0, 0.05) is 16.6 Å².